The van der Waals surface area contributed by atoms with Crippen LogP contribution in [0.5, 0.6) is 0 Å². The Hall–Kier alpha value is -2.75. The molecular weight excluding hydrogens is 490 g/mol. The number of carbonyl (C=O) groups is 3. The van der Waals surface area contributed by atoms with Crippen LogP contribution >= 0.6 is 46.0 Å². The number of oxime groups is 1. The molecule has 0 radical (unpaired) electrons. The van der Waals surface area contributed by atoms with Gasteiger partial charge in [0.15, 0.2) is 15.2 Å². The van der Waals surface area contributed by atoms with Crippen molar-refractivity contribution in [3.05, 3.63) is 26.1 Å². The highest BCUT2D eigenvalue weighted by molar-refractivity contribution is 8.04. The van der Waals surface area contributed by atoms with E-state index in [1.54, 1.807) is 0 Å². The molecular formula is C15H12ClN7O5S3. The molecule has 2 atom stereocenters. The van der Waals surface area contributed by atoms with Crippen LogP contribution in [0.15, 0.2) is 25.6 Å². The Kier molecular flexibility index (Phi) is 5.83. The predicted octanol–water partition coefficient (Wildman–Crippen LogP) is 0.986. The molecule has 5 N–H and O–H groups in total. The van der Waals surface area contributed by atoms with Crippen molar-refractivity contribution in [1.29, 1.82) is 0 Å². The summed E-state index contributed by atoms with van der Waals surface area (Å²) in [6, 6.07) is -1.54. The standard InChI is InChI=1S/C15H12ClN7O5S3/c16-10-7(20-14(17)31-10)8(22-28)11(24)19-6-4-1-2-5(30-15-21-18-3-29-15)9(13(26)27)23(4)12(6)25/h3-4,6,28H,1-2H2,(H2,17,20)(H,19,24)(H,26,27)/b22-8-. The number of thioether (sulfide) groups is 1. The maximum Gasteiger partial charge on any atom is 0.353 e. The Morgan fingerprint density at radius 3 is 2.81 bits per heavy atom. The molecule has 2 aliphatic heterocycles. The first-order valence-corrected chi connectivity index (χ1v) is 11.4. The Morgan fingerprint density at radius 2 is 2.23 bits per heavy atom. The number of nitrogens with one attached hydrogen (secondary N) is 1. The van der Waals surface area contributed by atoms with Crippen LogP contribution in [-0.2, 0) is 14.4 Å². The van der Waals surface area contributed by atoms with Crippen molar-refractivity contribution in [1.82, 2.24) is 25.4 Å². The zero-order valence-electron chi connectivity index (χ0n) is 15.2. The zero-order valence-corrected chi connectivity index (χ0v) is 18.4. The second-order valence-electron chi connectivity index (χ2n) is 6.27. The van der Waals surface area contributed by atoms with E-state index in [0.29, 0.717) is 22.1 Å². The Bertz CT molecular complexity index is 1130. The van der Waals surface area contributed by atoms with E-state index in [2.05, 4.69) is 25.7 Å². The van der Waals surface area contributed by atoms with E-state index < -0.39 is 35.6 Å². The van der Waals surface area contributed by atoms with Gasteiger partial charge in [0.05, 0.1) is 6.04 Å². The highest BCUT2D eigenvalue weighted by atomic mass is 35.5. The predicted molar refractivity (Wildman–Crippen MR) is 112 cm³/mol. The van der Waals surface area contributed by atoms with Crippen LogP contribution in [0.25, 0.3) is 0 Å². The maximum absolute atomic E-state index is 12.7. The van der Waals surface area contributed by atoms with Crippen molar-refractivity contribution in [2.24, 2.45) is 5.16 Å². The summed E-state index contributed by atoms with van der Waals surface area (Å²) < 4.78 is 0.613. The lowest BCUT2D eigenvalue weighted by molar-refractivity contribution is -0.155. The van der Waals surface area contributed by atoms with Gasteiger partial charge in [-0.2, -0.15) is 0 Å². The van der Waals surface area contributed by atoms with Gasteiger partial charge in [-0.3, -0.25) is 14.5 Å². The summed E-state index contributed by atoms with van der Waals surface area (Å²) in [6.45, 7) is 0. The van der Waals surface area contributed by atoms with Crippen molar-refractivity contribution in [2.75, 3.05) is 5.73 Å². The molecule has 12 nitrogen and oxygen atoms in total. The number of thiazole rings is 1. The number of β-lactam (4-membered cyclic amide) rings is 1. The summed E-state index contributed by atoms with van der Waals surface area (Å²) in [5.74, 6) is -2.73. The van der Waals surface area contributed by atoms with E-state index in [-0.39, 0.29) is 20.9 Å². The minimum absolute atomic E-state index is 0.0501. The molecule has 0 saturated carbocycles. The number of carbonyl (C=O) groups excluding carboxylic acids is 2. The lowest BCUT2D eigenvalue weighted by Crippen LogP contribution is -2.72. The van der Waals surface area contributed by atoms with Crippen LogP contribution in [0.3, 0.4) is 0 Å². The molecule has 1 fully saturated rings. The number of nitrogens with two attached hydrogens (primary N) is 1. The Labute approximate surface area is 190 Å². The molecule has 0 aromatic carbocycles. The number of carboxylic acids is 1. The summed E-state index contributed by atoms with van der Waals surface area (Å²) in [7, 11) is 0. The molecule has 31 heavy (non-hydrogen) atoms. The fourth-order valence-electron chi connectivity index (χ4n) is 3.31. The first-order valence-electron chi connectivity index (χ1n) is 8.50. The molecule has 16 heteroatoms. The van der Waals surface area contributed by atoms with Crippen molar-refractivity contribution in [3.63, 3.8) is 0 Å². The number of aromatic nitrogens is 3. The van der Waals surface area contributed by atoms with Crippen LogP contribution in [0.1, 0.15) is 18.5 Å². The molecule has 2 aromatic heterocycles. The van der Waals surface area contributed by atoms with Gasteiger partial charge in [-0.25, -0.2) is 9.78 Å². The van der Waals surface area contributed by atoms with Crippen LogP contribution in [0, 0.1) is 0 Å². The SMILES string of the molecule is Nc1nc(/C(=N/O)C(=O)NC2C(=O)N3C(C(=O)O)=C(Sc4nncs4)CCC23)c(Cl)s1. The normalized spacial score (nSPS) is 21.0. The van der Waals surface area contributed by atoms with Gasteiger partial charge < -0.3 is 21.4 Å². The van der Waals surface area contributed by atoms with Gasteiger partial charge in [0, 0.05) is 4.91 Å². The number of rotatable bonds is 6. The summed E-state index contributed by atoms with van der Waals surface area (Å²) in [5.41, 5.74) is 6.32. The minimum Gasteiger partial charge on any atom is -0.477 e. The first-order chi connectivity index (χ1) is 14.8. The number of hydrogen-bond donors (Lipinski definition) is 4. The van der Waals surface area contributed by atoms with E-state index in [4.69, 9.17) is 17.3 Å². The summed E-state index contributed by atoms with van der Waals surface area (Å²) in [5, 5.41) is 32.0. The molecule has 0 spiro atoms. The van der Waals surface area contributed by atoms with Crippen molar-refractivity contribution < 1.29 is 24.7 Å². The highest BCUT2D eigenvalue weighted by Crippen LogP contribution is 2.43. The lowest BCUT2D eigenvalue weighted by atomic mass is 9.86. The van der Waals surface area contributed by atoms with Gasteiger partial charge in [-0.15, -0.1) is 10.2 Å². The number of aliphatic carboxylic acids is 1. The van der Waals surface area contributed by atoms with Gasteiger partial charge in [0.2, 0.25) is 0 Å². The third-order valence-corrected chi connectivity index (χ3v) is 7.58. The van der Waals surface area contributed by atoms with E-state index in [0.717, 1.165) is 28.0 Å². The Balaban J connectivity index is 1.53. The molecule has 2 amide bonds. The number of amides is 2. The van der Waals surface area contributed by atoms with Crippen LogP contribution in [-0.4, -0.2) is 66.0 Å². The lowest BCUT2D eigenvalue weighted by Gasteiger charge is -2.49. The zero-order chi connectivity index (χ0) is 22.3. The van der Waals surface area contributed by atoms with E-state index >= 15 is 0 Å². The quantitative estimate of drug-likeness (QED) is 0.192. The highest BCUT2D eigenvalue weighted by Gasteiger charge is 2.54. The number of nitrogen functional groups attached to an aromatic ring is 1. The number of allylic oxidation sites excluding steroid dienone is 1. The second-order valence-corrected chi connectivity index (χ2v) is 10.1. The number of fused-ring (bicyclic) bond motifs is 1. The minimum atomic E-state index is -1.25. The average molecular weight is 502 g/mol. The monoisotopic (exact) mass is 501 g/mol. The van der Waals surface area contributed by atoms with Crippen LogP contribution in [0.2, 0.25) is 4.34 Å². The second kappa shape index (κ2) is 8.41. The van der Waals surface area contributed by atoms with Crippen molar-refractivity contribution >= 4 is 74.7 Å². The van der Waals surface area contributed by atoms with E-state index in [9.17, 15) is 24.7 Å². The molecule has 2 aliphatic rings. The van der Waals surface area contributed by atoms with Crippen LogP contribution < -0.4 is 11.1 Å². The number of carboxylic acid groups (broad SMARTS) is 1. The third kappa shape index (κ3) is 3.84. The van der Waals surface area contributed by atoms with Crippen molar-refractivity contribution in [2.45, 2.75) is 29.3 Å². The summed E-state index contributed by atoms with van der Waals surface area (Å²) in [4.78, 5) is 42.7. The van der Waals surface area contributed by atoms with Gasteiger partial charge in [-0.05, 0) is 12.8 Å². The largest absolute Gasteiger partial charge is 0.477 e. The number of anilines is 1. The molecule has 162 valence electrons. The molecule has 0 aliphatic carbocycles. The maximum atomic E-state index is 12.7. The fraction of sp³-hybridized carbons (Fsp3) is 0.267. The number of hydrogen-bond acceptors (Lipinski definition) is 12. The summed E-state index contributed by atoms with van der Waals surface area (Å²) in [6.07, 6.45) is 0.798. The van der Waals surface area contributed by atoms with Gasteiger partial charge >= 0.3 is 5.97 Å². The number of nitrogens with zero attached hydrogens (tertiary/aromatic N) is 5. The molecule has 2 aromatic rings. The first kappa shape index (κ1) is 21.5. The van der Waals surface area contributed by atoms with Crippen molar-refractivity contribution in [3.8, 4) is 0 Å². The van der Waals surface area contributed by atoms with Gasteiger partial charge in [-0.1, -0.05) is 51.2 Å². The third-order valence-electron chi connectivity index (χ3n) is 4.57. The van der Waals surface area contributed by atoms with Crippen LogP contribution in [0.4, 0.5) is 5.13 Å². The van der Waals surface area contributed by atoms with Gasteiger partial charge in [0.1, 0.15) is 27.3 Å². The smallest absolute Gasteiger partial charge is 0.353 e. The molecule has 4 heterocycles. The molecule has 2 unspecified atom stereocenters. The van der Waals surface area contributed by atoms with Gasteiger partial charge in [0.25, 0.3) is 11.8 Å². The fourth-order valence-corrected chi connectivity index (χ4v) is 5.95. The average Bonchev–Trinajstić information content (AvgIpc) is 3.35. The molecule has 4 rings (SSSR count). The molecule has 1 saturated heterocycles. The molecule has 0 bridgehead atoms. The van der Waals surface area contributed by atoms with E-state index in [1.807, 2.05) is 0 Å². The van der Waals surface area contributed by atoms with E-state index in [1.165, 1.54) is 16.8 Å². The summed E-state index contributed by atoms with van der Waals surface area (Å²) >= 11 is 9.27. The topological polar surface area (TPSA) is 184 Å². The number of halogens is 1. The Morgan fingerprint density at radius 1 is 1.45 bits per heavy atom.